The Bertz CT molecular complexity index is 1420. The largest absolute Gasteiger partial charge is 0.488 e. The number of aromatic carboxylic acids is 1. The van der Waals surface area contributed by atoms with Gasteiger partial charge in [-0.2, -0.15) is 0 Å². The van der Waals surface area contributed by atoms with Crippen LogP contribution in [-0.2, 0) is 17.9 Å². The first-order chi connectivity index (χ1) is 17.2. The van der Waals surface area contributed by atoms with Crippen LogP contribution in [0.2, 0.25) is 0 Å². The van der Waals surface area contributed by atoms with E-state index in [9.17, 15) is 24.5 Å². The Balaban J connectivity index is 1.45. The van der Waals surface area contributed by atoms with E-state index in [0.717, 1.165) is 16.7 Å². The highest BCUT2D eigenvalue weighted by molar-refractivity contribution is 9.10. The minimum absolute atomic E-state index is 0.0662. The number of amides is 2. The van der Waals surface area contributed by atoms with Crippen LogP contribution in [0, 0.1) is 10.1 Å². The molecule has 4 rings (SSSR count). The van der Waals surface area contributed by atoms with Crippen LogP contribution in [0.15, 0.2) is 76.1 Å². The Morgan fingerprint density at radius 3 is 2.56 bits per heavy atom. The third-order valence-electron chi connectivity index (χ3n) is 5.16. The number of imide groups is 1. The first kappa shape index (κ1) is 25.1. The number of benzene rings is 3. The number of hydrogen-bond acceptors (Lipinski definition) is 7. The van der Waals surface area contributed by atoms with Gasteiger partial charge in [0.2, 0.25) is 0 Å². The summed E-state index contributed by atoms with van der Waals surface area (Å²) in [5.41, 5.74) is 1.89. The van der Waals surface area contributed by atoms with E-state index in [2.05, 4.69) is 15.9 Å². The Morgan fingerprint density at radius 2 is 1.83 bits per heavy atom. The molecule has 9 nitrogen and oxygen atoms in total. The second-order valence-electron chi connectivity index (χ2n) is 7.68. The van der Waals surface area contributed by atoms with Gasteiger partial charge in [0.05, 0.1) is 26.4 Å². The fourth-order valence-corrected chi connectivity index (χ4v) is 4.77. The van der Waals surface area contributed by atoms with E-state index in [1.165, 1.54) is 30.3 Å². The Labute approximate surface area is 217 Å². The van der Waals surface area contributed by atoms with Crippen molar-refractivity contribution in [2.24, 2.45) is 0 Å². The number of non-ortho nitro benzene ring substituents is 1. The highest BCUT2D eigenvalue weighted by Gasteiger charge is 2.35. The summed E-state index contributed by atoms with van der Waals surface area (Å²) in [4.78, 5) is 48.1. The number of nitro benzene ring substituents is 1. The number of ether oxygens (including phenoxy) is 1. The van der Waals surface area contributed by atoms with E-state index in [-0.39, 0.29) is 29.3 Å². The van der Waals surface area contributed by atoms with Gasteiger partial charge in [0, 0.05) is 12.1 Å². The summed E-state index contributed by atoms with van der Waals surface area (Å²) in [5.74, 6) is -0.977. The number of halogens is 1. The van der Waals surface area contributed by atoms with E-state index >= 15 is 0 Å². The molecule has 1 heterocycles. The maximum atomic E-state index is 12.8. The van der Waals surface area contributed by atoms with Gasteiger partial charge < -0.3 is 9.84 Å². The minimum atomic E-state index is -1.02. The summed E-state index contributed by atoms with van der Waals surface area (Å²) < 4.78 is 6.40. The highest BCUT2D eigenvalue weighted by atomic mass is 79.9. The minimum Gasteiger partial charge on any atom is -0.488 e. The molecule has 0 aromatic heterocycles. The Morgan fingerprint density at radius 1 is 1.08 bits per heavy atom. The molecule has 1 aliphatic rings. The lowest BCUT2D eigenvalue weighted by atomic mass is 10.1. The molecule has 1 aliphatic heterocycles. The molecule has 0 atom stereocenters. The van der Waals surface area contributed by atoms with Crippen molar-refractivity contribution < 1.29 is 29.2 Å². The topological polar surface area (TPSA) is 127 Å². The SMILES string of the molecule is O=C(O)c1cccc(COc2ccc(/C=C3/SC(=O)N(Cc4cccc([N+](=O)[O-])c4)C3=O)cc2Br)c1. The fourth-order valence-electron chi connectivity index (χ4n) is 3.42. The second kappa shape index (κ2) is 10.8. The molecule has 0 unspecified atom stereocenters. The first-order valence-corrected chi connectivity index (χ1v) is 12.1. The first-order valence-electron chi connectivity index (χ1n) is 10.4. The Hall–Kier alpha value is -3.96. The highest BCUT2D eigenvalue weighted by Crippen LogP contribution is 2.35. The van der Waals surface area contributed by atoms with Crippen molar-refractivity contribution in [3.05, 3.63) is 108 Å². The lowest BCUT2D eigenvalue weighted by molar-refractivity contribution is -0.384. The molecule has 0 radical (unpaired) electrons. The molecule has 0 spiro atoms. The number of hydrogen-bond donors (Lipinski definition) is 1. The van der Waals surface area contributed by atoms with Gasteiger partial charge in [-0.25, -0.2) is 4.79 Å². The molecule has 0 saturated carbocycles. The van der Waals surface area contributed by atoms with Gasteiger partial charge in [-0.05, 0) is 74.7 Å². The molecule has 11 heteroatoms. The standard InChI is InChI=1S/C25H17BrN2O7S/c26-20-11-15(7-8-21(20)35-14-17-4-1-5-18(9-17)24(30)31)12-22-23(29)27(25(32)36-22)13-16-3-2-6-19(10-16)28(33)34/h1-12H,13-14H2,(H,30,31)/b22-12+. The van der Waals surface area contributed by atoms with Crippen molar-refractivity contribution in [3.63, 3.8) is 0 Å². The van der Waals surface area contributed by atoms with Gasteiger partial charge >= 0.3 is 5.97 Å². The maximum Gasteiger partial charge on any atom is 0.335 e. The van der Waals surface area contributed by atoms with Crippen LogP contribution >= 0.6 is 27.7 Å². The van der Waals surface area contributed by atoms with Crippen LogP contribution in [0.5, 0.6) is 5.75 Å². The van der Waals surface area contributed by atoms with Gasteiger partial charge in [0.1, 0.15) is 12.4 Å². The van der Waals surface area contributed by atoms with Crippen molar-refractivity contribution in [1.82, 2.24) is 4.90 Å². The third-order valence-corrected chi connectivity index (χ3v) is 6.68. The maximum absolute atomic E-state index is 12.8. The fraction of sp³-hybridized carbons (Fsp3) is 0.0800. The van der Waals surface area contributed by atoms with Crippen molar-refractivity contribution in [1.29, 1.82) is 0 Å². The number of carboxylic acid groups (broad SMARTS) is 1. The smallest absolute Gasteiger partial charge is 0.335 e. The molecule has 36 heavy (non-hydrogen) atoms. The molecular weight excluding hydrogens is 552 g/mol. The van der Waals surface area contributed by atoms with Gasteiger partial charge in [-0.1, -0.05) is 30.3 Å². The molecule has 2 amide bonds. The quantitative estimate of drug-likeness (QED) is 0.203. The van der Waals surface area contributed by atoms with Gasteiger partial charge in [0.15, 0.2) is 0 Å². The van der Waals surface area contributed by atoms with Gasteiger partial charge in [-0.3, -0.25) is 24.6 Å². The van der Waals surface area contributed by atoms with E-state index < -0.39 is 22.0 Å². The summed E-state index contributed by atoms with van der Waals surface area (Å²) >= 11 is 4.23. The van der Waals surface area contributed by atoms with Crippen LogP contribution < -0.4 is 4.74 Å². The van der Waals surface area contributed by atoms with Crippen molar-refractivity contribution in [3.8, 4) is 5.75 Å². The van der Waals surface area contributed by atoms with E-state index in [0.29, 0.717) is 26.9 Å². The van der Waals surface area contributed by atoms with E-state index in [1.807, 2.05) is 0 Å². The molecule has 1 N–H and O–H groups in total. The monoisotopic (exact) mass is 568 g/mol. The summed E-state index contributed by atoms with van der Waals surface area (Å²) in [6, 6.07) is 17.4. The number of carboxylic acids is 1. The molecule has 3 aromatic rings. The normalized spacial score (nSPS) is 14.4. The summed E-state index contributed by atoms with van der Waals surface area (Å²) in [6.45, 7) is 0.0961. The number of carbonyl (C=O) groups is 3. The number of nitro groups is 1. The van der Waals surface area contributed by atoms with Crippen molar-refractivity contribution >= 4 is 56.6 Å². The number of thioether (sulfide) groups is 1. The van der Waals surface area contributed by atoms with Crippen LogP contribution in [0.1, 0.15) is 27.0 Å². The second-order valence-corrected chi connectivity index (χ2v) is 9.53. The van der Waals surface area contributed by atoms with Gasteiger partial charge in [0.25, 0.3) is 16.8 Å². The lowest BCUT2D eigenvalue weighted by Gasteiger charge is -2.12. The average molecular weight is 569 g/mol. The lowest BCUT2D eigenvalue weighted by Crippen LogP contribution is -2.27. The van der Waals surface area contributed by atoms with Gasteiger partial charge in [-0.15, -0.1) is 0 Å². The van der Waals surface area contributed by atoms with E-state index in [1.54, 1.807) is 42.5 Å². The predicted molar refractivity (Wildman–Crippen MR) is 136 cm³/mol. The summed E-state index contributed by atoms with van der Waals surface area (Å²) in [7, 11) is 0. The Kier molecular flexibility index (Phi) is 7.51. The van der Waals surface area contributed by atoms with Crippen LogP contribution in [0.4, 0.5) is 10.5 Å². The molecule has 1 fully saturated rings. The molecule has 182 valence electrons. The van der Waals surface area contributed by atoms with Crippen LogP contribution in [-0.4, -0.2) is 32.0 Å². The number of nitrogens with zero attached hydrogens (tertiary/aromatic N) is 2. The summed E-state index contributed by atoms with van der Waals surface area (Å²) in [5, 5.41) is 19.6. The number of rotatable bonds is 8. The molecule has 3 aromatic carbocycles. The van der Waals surface area contributed by atoms with Crippen LogP contribution in [0.3, 0.4) is 0 Å². The molecule has 1 saturated heterocycles. The van der Waals surface area contributed by atoms with Crippen LogP contribution in [0.25, 0.3) is 6.08 Å². The zero-order chi connectivity index (χ0) is 25.8. The zero-order valence-electron chi connectivity index (χ0n) is 18.4. The average Bonchev–Trinajstić information content (AvgIpc) is 3.11. The third kappa shape index (κ3) is 5.81. The molecular formula is C25H17BrN2O7S. The molecule has 0 aliphatic carbocycles. The van der Waals surface area contributed by atoms with Crippen molar-refractivity contribution in [2.45, 2.75) is 13.2 Å². The van der Waals surface area contributed by atoms with Crippen molar-refractivity contribution in [2.75, 3.05) is 0 Å². The summed E-state index contributed by atoms with van der Waals surface area (Å²) in [6.07, 6.45) is 1.59. The molecule has 0 bridgehead atoms. The number of carbonyl (C=O) groups excluding carboxylic acids is 2. The predicted octanol–water partition coefficient (Wildman–Crippen LogP) is 5.87. The zero-order valence-corrected chi connectivity index (χ0v) is 20.8. The van der Waals surface area contributed by atoms with E-state index in [4.69, 9.17) is 9.84 Å².